The number of hydrogen-bond donors (Lipinski definition) is 2. The van der Waals surface area contributed by atoms with Gasteiger partial charge in [-0.25, -0.2) is 4.39 Å². The minimum absolute atomic E-state index is 0.303. The number of benzene rings is 2. The molecule has 0 saturated heterocycles. The van der Waals surface area contributed by atoms with Gasteiger partial charge in [0, 0.05) is 30.1 Å². The summed E-state index contributed by atoms with van der Waals surface area (Å²) < 4.78 is 19.9. The standard InChI is InChI=1S/C22H19ClFN3O/c1-28-20-7-5-16(10-18(20)23)22(11-21(25)27-13-22)15-4-6-19(24)17(9-15)14-3-2-8-26-12-14/h2-12,27H,13,25H2,1H3. The summed E-state index contributed by atoms with van der Waals surface area (Å²) in [5, 5.41) is 3.69. The molecule has 0 amide bonds. The molecule has 1 aliphatic rings. The van der Waals surface area contributed by atoms with E-state index in [9.17, 15) is 4.39 Å². The van der Waals surface area contributed by atoms with Crippen LogP contribution < -0.4 is 15.8 Å². The lowest BCUT2D eigenvalue weighted by Gasteiger charge is -2.29. The fourth-order valence-electron chi connectivity index (χ4n) is 3.64. The molecular weight excluding hydrogens is 377 g/mol. The van der Waals surface area contributed by atoms with E-state index in [2.05, 4.69) is 10.3 Å². The van der Waals surface area contributed by atoms with Gasteiger partial charge in [-0.05, 0) is 47.5 Å². The minimum Gasteiger partial charge on any atom is -0.495 e. The lowest BCUT2D eigenvalue weighted by Crippen LogP contribution is -2.31. The van der Waals surface area contributed by atoms with Gasteiger partial charge >= 0.3 is 0 Å². The normalized spacial score (nSPS) is 18.5. The van der Waals surface area contributed by atoms with Gasteiger partial charge in [0.05, 0.1) is 23.4 Å². The summed E-state index contributed by atoms with van der Waals surface area (Å²) in [6.07, 6.45) is 5.26. The number of nitrogens with one attached hydrogen (secondary N) is 1. The van der Waals surface area contributed by atoms with Crippen LogP contribution in [0.4, 0.5) is 4.39 Å². The Balaban J connectivity index is 1.89. The molecule has 4 rings (SSSR count). The Kier molecular flexibility index (Phi) is 4.69. The van der Waals surface area contributed by atoms with E-state index >= 15 is 0 Å². The number of hydrogen-bond acceptors (Lipinski definition) is 4. The first kappa shape index (κ1) is 18.3. The molecule has 28 heavy (non-hydrogen) atoms. The molecule has 1 aromatic heterocycles. The Hall–Kier alpha value is -3.05. The van der Waals surface area contributed by atoms with Gasteiger partial charge < -0.3 is 15.8 Å². The average molecular weight is 396 g/mol. The van der Waals surface area contributed by atoms with Gasteiger partial charge in [-0.15, -0.1) is 0 Å². The molecule has 0 aliphatic carbocycles. The quantitative estimate of drug-likeness (QED) is 0.693. The van der Waals surface area contributed by atoms with Gasteiger partial charge in [-0.1, -0.05) is 29.8 Å². The second-order valence-electron chi connectivity index (χ2n) is 6.71. The summed E-state index contributed by atoms with van der Waals surface area (Å²) in [4.78, 5) is 4.11. The number of nitrogens with two attached hydrogens (primary N) is 1. The number of methoxy groups -OCH3 is 1. The van der Waals surface area contributed by atoms with Crippen LogP contribution in [-0.4, -0.2) is 18.6 Å². The maximum absolute atomic E-state index is 14.6. The fourth-order valence-corrected chi connectivity index (χ4v) is 3.89. The van der Waals surface area contributed by atoms with Gasteiger partial charge in [0.1, 0.15) is 11.6 Å². The van der Waals surface area contributed by atoms with Crippen LogP contribution in [0, 0.1) is 5.82 Å². The summed E-state index contributed by atoms with van der Waals surface area (Å²) in [5.74, 6) is 0.861. The smallest absolute Gasteiger partial charge is 0.137 e. The summed E-state index contributed by atoms with van der Waals surface area (Å²) >= 11 is 6.38. The zero-order chi connectivity index (χ0) is 19.7. The lowest BCUT2D eigenvalue weighted by atomic mass is 9.74. The van der Waals surface area contributed by atoms with E-state index in [-0.39, 0.29) is 5.82 Å². The number of aromatic nitrogens is 1. The van der Waals surface area contributed by atoms with E-state index in [1.54, 1.807) is 31.6 Å². The van der Waals surface area contributed by atoms with Crippen molar-refractivity contribution in [2.75, 3.05) is 13.7 Å². The van der Waals surface area contributed by atoms with Crippen LogP contribution in [0.15, 0.2) is 72.8 Å². The molecule has 1 unspecified atom stereocenters. The molecule has 3 N–H and O–H groups in total. The molecule has 6 heteroatoms. The van der Waals surface area contributed by atoms with Crippen LogP contribution in [0.5, 0.6) is 5.75 Å². The van der Waals surface area contributed by atoms with Crippen LogP contribution in [-0.2, 0) is 5.41 Å². The third-order valence-electron chi connectivity index (χ3n) is 5.09. The van der Waals surface area contributed by atoms with E-state index in [1.807, 2.05) is 36.4 Å². The Morgan fingerprint density at radius 1 is 1.18 bits per heavy atom. The molecule has 1 atom stereocenters. The molecule has 4 nitrogen and oxygen atoms in total. The fraction of sp³-hybridized carbons (Fsp3) is 0.136. The average Bonchev–Trinajstić information content (AvgIpc) is 3.12. The number of halogens is 2. The van der Waals surface area contributed by atoms with Crippen molar-refractivity contribution in [2.45, 2.75) is 5.41 Å². The van der Waals surface area contributed by atoms with Gasteiger partial charge in [-0.2, -0.15) is 0 Å². The van der Waals surface area contributed by atoms with Crippen molar-refractivity contribution >= 4 is 11.6 Å². The van der Waals surface area contributed by atoms with Crippen molar-refractivity contribution < 1.29 is 9.13 Å². The van der Waals surface area contributed by atoms with E-state index < -0.39 is 5.41 Å². The van der Waals surface area contributed by atoms with Gasteiger partial charge in [0.2, 0.25) is 0 Å². The number of ether oxygens (including phenoxy) is 1. The van der Waals surface area contributed by atoms with Crippen LogP contribution in [0.1, 0.15) is 11.1 Å². The maximum Gasteiger partial charge on any atom is 0.137 e. The highest BCUT2D eigenvalue weighted by atomic mass is 35.5. The third-order valence-corrected chi connectivity index (χ3v) is 5.39. The molecule has 0 radical (unpaired) electrons. The van der Waals surface area contributed by atoms with Gasteiger partial charge in [-0.3, -0.25) is 4.98 Å². The Labute approximate surface area is 167 Å². The molecule has 142 valence electrons. The largest absolute Gasteiger partial charge is 0.495 e. The van der Waals surface area contributed by atoms with Crippen LogP contribution in [0.3, 0.4) is 0 Å². The summed E-state index contributed by atoms with van der Waals surface area (Å²) in [5.41, 5.74) is 8.54. The zero-order valence-electron chi connectivity index (χ0n) is 15.2. The predicted molar refractivity (Wildman–Crippen MR) is 109 cm³/mol. The molecular formula is C22H19ClFN3O. The number of nitrogens with zero attached hydrogens (tertiary/aromatic N) is 1. The lowest BCUT2D eigenvalue weighted by molar-refractivity contribution is 0.414. The third kappa shape index (κ3) is 3.08. The second-order valence-corrected chi connectivity index (χ2v) is 7.12. The van der Waals surface area contributed by atoms with Gasteiger partial charge in [0.15, 0.2) is 0 Å². The van der Waals surface area contributed by atoms with Crippen molar-refractivity contribution in [3.05, 3.63) is 94.8 Å². The van der Waals surface area contributed by atoms with E-state index in [0.717, 1.165) is 11.1 Å². The Morgan fingerprint density at radius 2 is 1.96 bits per heavy atom. The molecule has 2 heterocycles. The van der Waals surface area contributed by atoms with E-state index in [0.29, 0.717) is 34.3 Å². The van der Waals surface area contributed by atoms with Crippen molar-refractivity contribution in [3.63, 3.8) is 0 Å². The van der Waals surface area contributed by atoms with Crippen LogP contribution in [0.25, 0.3) is 11.1 Å². The monoisotopic (exact) mass is 395 g/mol. The highest BCUT2D eigenvalue weighted by Crippen LogP contribution is 2.41. The molecule has 0 saturated carbocycles. The Morgan fingerprint density at radius 3 is 2.61 bits per heavy atom. The summed E-state index contributed by atoms with van der Waals surface area (Å²) in [6, 6.07) is 14.4. The zero-order valence-corrected chi connectivity index (χ0v) is 16.0. The molecule has 1 aliphatic heterocycles. The first-order chi connectivity index (χ1) is 13.5. The first-order valence-corrected chi connectivity index (χ1v) is 9.18. The summed E-state index contributed by atoms with van der Waals surface area (Å²) in [6.45, 7) is 0.541. The molecule has 0 spiro atoms. The molecule has 0 bridgehead atoms. The first-order valence-electron chi connectivity index (χ1n) is 8.80. The van der Waals surface area contributed by atoms with Crippen LogP contribution in [0.2, 0.25) is 5.02 Å². The summed E-state index contributed by atoms with van der Waals surface area (Å²) in [7, 11) is 1.58. The molecule has 2 aromatic carbocycles. The highest BCUT2D eigenvalue weighted by Gasteiger charge is 2.37. The molecule has 3 aromatic rings. The highest BCUT2D eigenvalue weighted by molar-refractivity contribution is 6.32. The second kappa shape index (κ2) is 7.17. The molecule has 0 fully saturated rings. The van der Waals surface area contributed by atoms with E-state index in [4.69, 9.17) is 22.1 Å². The topological polar surface area (TPSA) is 60.2 Å². The van der Waals surface area contributed by atoms with Crippen molar-refractivity contribution in [1.29, 1.82) is 0 Å². The maximum atomic E-state index is 14.6. The Bertz CT molecular complexity index is 1050. The van der Waals surface area contributed by atoms with E-state index in [1.165, 1.54) is 6.07 Å². The van der Waals surface area contributed by atoms with Crippen LogP contribution >= 0.6 is 11.6 Å². The number of pyridine rings is 1. The minimum atomic E-state index is -0.579. The van der Waals surface area contributed by atoms with Crippen molar-refractivity contribution in [1.82, 2.24) is 10.3 Å². The van der Waals surface area contributed by atoms with Crippen molar-refractivity contribution in [3.8, 4) is 16.9 Å². The SMILES string of the molecule is COc1ccc(C2(c3ccc(F)c(-c4cccnc4)c3)C=C(N)NC2)cc1Cl. The predicted octanol–water partition coefficient (Wildman–Crippen LogP) is 4.24. The van der Waals surface area contributed by atoms with Gasteiger partial charge in [0.25, 0.3) is 0 Å². The number of rotatable bonds is 4. The van der Waals surface area contributed by atoms with Crippen molar-refractivity contribution in [2.24, 2.45) is 5.73 Å².